The van der Waals surface area contributed by atoms with Gasteiger partial charge in [-0.05, 0) is 42.5 Å². The van der Waals surface area contributed by atoms with Crippen LogP contribution in [0.15, 0.2) is 55.1 Å². The molecule has 0 amide bonds. The number of hydrogen-bond donors (Lipinski definition) is 1. The first kappa shape index (κ1) is 17.7. The molecule has 128 valence electrons. The fraction of sp³-hybridized carbons (Fsp3) is 0.0556. The van der Waals surface area contributed by atoms with Crippen LogP contribution in [0.5, 0.6) is 17.2 Å². The summed E-state index contributed by atoms with van der Waals surface area (Å²) in [4.78, 5) is 34.2. The number of carbonyl (C=O) groups is 3. The molecule has 25 heavy (non-hydrogen) atoms. The molecular formula is C18H14O7. The molecule has 0 aliphatic heterocycles. The molecule has 0 bridgehead atoms. The number of carboxylic acid groups (broad SMARTS) is 1. The van der Waals surface area contributed by atoms with Gasteiger partial charge in [0.1, 0.15) is 5.75 Å². The lowest BCUT2D eigenvalue weighted by molar-refractivity contribution is -0.128. The number of aromatic carboxylic acids is 1. The van der Waals surface area contributed by atoms with Crippen molar-refractivity contribution >= 4 is 17.9 Å². The van der Waals surface area contributed by atoms with Crippen molar-refractivity contribution in [1.82, 2.24) is 0 Å². The molecule has 2 aromatic carbocycles. The maximum atomic E-state index is 12.2. The normalized spacial score (nSPS) is 9.80. The van der Waals surface area contributed by atoms with Crippen LogP contribution < -0.4 is 14.2 Å². The van der Waals surface area contributed by atoms with Gasteiger partial charge >= 0.3 is 17.9 Å². The molecule has 0 aromatic heterocycles. The number of esters is 2. The van der Waals surface area contributed by atoms with E-state index in [4.69, 9.17) is 19.3 Å². The van der Waals surface area contributed by atoms with Gasteiger partial charge < -0.3 is 19.3 Å². The second kappa shape index (κ2) is 7.78. The first-order valence-electron chi connectivity index (χ1n) is 7.02. The standard InChI is InChI=1S/C18H14O7/c1-3-16(19)24-13-7-4-11(5-8-13)18(22)25-14-9-6-12(17(20)21)10-15(14)23-2/h3-10H,1H2,2H3,(H,20,21). The highest BCUT2D eigenvalue weighted by Gasteiger charge is 2.15. The van der Waals surface area contributed by atoms with E-state index >= 15 is 0 Å². The van der Waals surface area contributed by atoms with Crippen molar-refractivity contribution in [3.8, 4) is 17.2 Å². The summed E-state index contributed by atoms with van der Waals surface area (Å²) in [5, 5.41) is 8.96. The molecule has 0 saturated carbocycles. The summed E-state index contributed by atoms with van der Waals surface area (Å²) in [6.07, 6.45) is 1.02. The second-order valence-electron chi connectivity index (χ2n) is 4.71. The number of carboxylic acids is 1. The largest absolute Gasteiger partial charge is 0.493 e. The van der Waals surface area contributed by atoms with E-state index in [1.807, 2.05) is 0 Å². The zero-order chi connectivity index (χ0) is 18.4. The molecule has 0 unspecified atom stereocenters. The van der Waals surface area contributed by atoms with Crippen molar-refractivity contribution in [1.29, 1.82) is 0 Å². The molecule has 1 N–H and O–H groups in total. The van der Waals surface area contributed by atoms with Crippen LogP contribution in [-0.4, -0.2) is 30.1 Å². The Hall–Kier alpha value is -3.61. The van der Waals surface area contributed by atoms with Crippen LogP contribution in [0.3, 0.4) is 0 Å². The summed E-state index contributed by atoms with van der Waals surface area (Å²) in [5.41, 5.74) is 0.216. The lowest BCUT2D eigenvalue weighted by Gasteiger charge is -2.10. The third kappa shape index (κ3) is 4.44. The second-order valence-corrected chi connectivity index (χ2v) is 4.71. The minimum Gasteiger partial charge on any atom is -0.493 e. The van der Waals surface area contributed by atoms with Gasteiger partial charge in [0.15, 0.2) is 11.5 Å². The number of benzene rings is 2. The number of carbonyl (C=O) groups excluding carboxylic acids is 2. The molecule has 0 radical (unpaired) electrons. The maximum Gasteiger partial charge on any atom is 0.343 e. The number of rotatable bonds is 6. The minimum atomic E-state index is -1.12. The van der Waals surface area contributed by atoms with E-state index in [0.29, 0.717) is 0 Å². The Kier molecular flexibility index (Phi) is 5.52. The smallest absolute Gasteiger partial charge is 0.343 e. The number of ether oxygens (including phenoxy) is 3. The van der Waals surface area contributed by atoms with E-state index in [1.54, 1.807) is 0 Å². The third-order valence-electron chi connectivity index (χ3n) is 3.09. The third-order valence-corrected chi connectivity index (χ3v) is 3.09. The van der Waals surface area contributed by atoms with Gasteiger partial charge in [-0.2, -0.15) is 0 Å². The van der Waals surface area contributed by atoms with Crippen molar-refractivity contribution in [2.75, 3.05) is 7.11 Å². The van der Waals surface area contributed by atoms with Crippen molar-refractivity contribution in [3.05, 3.63) is 66.2 Å². The van der Waals surface area contributed by atoms with Crippen LogP contribution in [0.2, 0.25) is 0 Å². The first-order valence-corrected chi connectivity index (χ1v) is 7.02. The fourth-order valence-electron chi connectivity index (χ4n) is 1.86. The Morgan fingerprint density at radius 1 is 0.960 bits per heavy atom. The van der Waals surface area contributed by atoms with E-state index < -0.39 is 17.9 Å². The van der Waals surface area contributed by atoms with Gasteiger partial charge in [0.25, 0.3) is 0 Å². The average Bonchev–Trinajstić information content (AvgIpc) is 2.62. The monoisotopic (exact) mass is 342 g/mol. The Labute approximate surface area is 143 Å². The highest BCUT2D eigenvalue weighted by molar-refractivity contribution is 5.92. The van der Waals surface area contributed by atoms with Gasteiger partial charge in [0.05, 0.1) is 18.2 Å². The quantitative estimate of drug-likeness (QED) is 0.489. The number of methoxy groups -OCH3 is 1. The molecule has 0 atom stereocenters. The predicted octanol–water partition coefficient (Wildman–Crippen LogP) is 2.70. The van der Waals surface area contributed by atoms with Gasteiger partial charge in [-0.3, -0.25) is 0 Å². The molecule has 0 fully saturated rings. The highest BCUT2D eigenvalue weighted by atomic mass is 16.6. The predicted molar refractivity (Wildman–Crippen MR) is 87.2 cm³/mol. The zero-order valence-electron chi connectivity index (χ0n) is 13.2. The van der Waals surface area contributed by atoms with Crippen LogP contribution in [0.25, 0.3) is 0 Å². The lowest BCUT2D eigenvalue weighted by Crippen LogP contribution is -2.10. The van der Waals surface area contributed by atoms with E-state index in [0.717, 1.165) is 6.08 Å². The zero-order valence-corrected chi connectivity index (χ0v) is 13.2. The van der Waals surface area contributed by atoms with Crippen LogP contribution in [0.4, 0.5) is 0 Å². The molecule has 0 aliphatic carbocycles. The molecule has 2 rings (SSSR count). The summed E-state index contributed by atoms with van der Waals surface area (Å²) in [7, 11) is 1.33. The number of hydrogen-bond acceptors (Lipinski definition) is 6. The van der Waals surface area contributed by atoms with E-state index in [-0.39, 0.29) is 28.4 Å². The van der Waals surface area contributed by atoms with Crippen molar-refractivity contribution in [3.63, 3.8) is 0 Å². The molecule has 7 heteroatoms. The topological polar surface area (TPSA) is 99.1 Å². The van der Waals surface area contributed by atoms with Crippen LogP contribution in [-0.2, 0) is 4.79 Å². The Balaban J connectivity index is 2.15. The summed E-state index contributed by atoms with van der Waals surface area (Å²) in [6, 6.07) is 9.60. The molecule has 7 nitrogen and oxygen atoms in total. The maximum absolute atomic E-state index is 12.2. The Morgan fingerprint density at radius 2 is 1.60 bits per heavy atom. The van der Waals surface area contributed by atoms with Crippen molar-refractivity contribution < 1.29 is 33.7 Å². The average molecular weight is 342 g/mol. The van der Waals surface area contributed by atoms with Crippen LogP contribution >= 0.6 is 0 Å². The van der Waals surface area contributed by atoms with E-state index in [2.05, 4.69) is 6.58 Å². The summed E-state index contributed by atoms with van der Waals surface area (Å²) < 4.78 is 15.2. The van der Waals surface area contributed by atoms with Crippen molar-refractivity contribution in [2.45, 2.75) is 0 Å². The summed E-state index contributed by atoms with van der Waals surface area (Å²) >= 11 is 0. The van der Waals surface area contributed by atoms with E-state index in [1.165, 1.54) is 49.6 Å². The molecule has 2 aromatic rings. The van der Waals surface area contributed by atoms with Gasteiger partial charge in [-0.15, -0.1) is 0 Å². The minimum absolute atomic E-state index is 0.00466. The molecule has 0 aliphatic rings. The lowest BCUT2D eigenvalue weighted by atomic mass is 10.2. The molecule has 0 saturated heterocycles. The molecule has 0 spiro atoms. The van der Waals surface area contributed by atoms with Gasteiger partial charge in [-0.25, -0.2) is 14.4 Å². The SMILES string of the molecule is C=CC(=O)Oc1ccc(C(=O)Oc2ccc(C(=O)O)cc2OC)cc1. The van der Waals surface area contributed by atoms with Gasteiger partial charge in [0.2, 0.25) is 0 Å². The Morgan fingerprint density at radius 3 is 2.16 bits per heavy atom. The fourth-order valence-corrected chi connectivity index (χ4v) is 1.86. The van der Waals surface area contributed by atoms with Gasteiger partial charge in [-0.1, -0.05) is 6.58 Å². The van der Waals surface area contributed by atoms with Crippen molar-refractivity contribution in [2.24, 2.45) is 0 Å². The molecular weight excluding hydrogens is 328 g/mol. The highest BCUT2D eigenvalue weighted by Crippen LogP contribution is 2.29. The Bertz CT molecular complexity index is 822. The van der Waals surface area contributed by atoms with E-state index in [9.17, 15) is 14.4 Å². The summed E-state index contributed by atoms with van der Waals surface area (Å²) in [6.45, 7) is 3.29. The van der Waals surface area contributed by atoms with Gasteiger partial charge in [0, 0.05) is 6.08 Å². The van der Waals surface area contributed by atoms with Crippen LogP contribution in [0.1, 0.15) is 20.7 Å². The summed E-state index contributed by atoms with van der Waals surface area (Å²) in [5.74, 6) is -1.96. The van der Waals surface area contributed by atoms with Crippen LogP contribution in [0, 0.1) is 0 Å². The molecule has 0 heterocycles. The first-order chi connectivity index (χ1) is 11.9.